The summed E-state index contributed by atoms with van der Waals surface area (Å²) < 4.78 is 23.2. The van der Waals surface area contributed by atoms with Gasteiger partial charge in [-0.25, -0.2) is 5.14 Å². The molecule has 2 N–H and O–H groups in total. The van der Waals surface area contributed by atoms with Gasteiger partial charge in [-0.1, -0.05) is 6.92 Å². The summed E-state index contributed by atoms with van der Waals surface area (Å²) in [6, 6.07) is 0. The Kier molecular flexibility index (Phi) is 4.54. The molecule has 0 saturated carbocycles. The molecule has 94 valence electrons. The second kappa shape index (κ2) is 5.31. The van der Waals surface area contributed by atoms with Crippen LogP contribution in [0.5, 0.6) is 0 Å². The molecule has 1 heterocycles. The fraction of sp³-hybridized carbons (Fsp3) is 0.875. The van der Waals surface area contributed by atoms with Gasteiger partial charge in [0.05, 0.1) is 0 Å². The van der Waals surface area contributed by atoms with Gasteiger partial charge < -0.3 is 4.90 Å². The first-order valence-corrected chi connectivity index (χ1v) is 7.02. The van der Waals surface area contributed by atoms with Crippen molar-refractivity contribution in [3.05, 3.63) is 0 Å². The largest absolute Gasteiger partial charge is 0.340 e. The molecule has 8 heteroatoms. The van der Waals surface area contributed by atoms with E-state index in [2.05, 4.69) is 0 Å². The van der Waals surface area contributed by atoms with Gasteiger partial charge in [0.1, 0.15) is 0 Å². The molecule has 0 aromatic rings. The Labute approximate surface area is 101 Å². The number of hydrogen-bond acceptors (Lipinski definition) is 3. The maximum atomic E-state index is 11.7. The van der Waals surface area contributed by atoms with E-state index in [4.69, 9.17) is 16.7 Å². The molecule has 1 atom stereocenters. The van der Waals surface area contributed by atoms with E-state index in [-0.39, 0.29) is 30.8 Å². The second-order valence-corrected chi connectivity index (χ2v) is 5.68. The Morgan fingerprint density at radius 3 is 2.25 bits per heavy atom. The van der Waals surface area contributed by atoms with Crippen molar-refractivity contribution in [2.24, 2.45) is 11.1 Å². The zero-order valence-corrected chi connectivity index (χ0v) is 10.7. The minimum atomic E-state index is -3.63. The number of amides is 1. The molecular formula is C8H16ClN3O3S. The quantitative estimate of drug-likeness (QED) is 0.682. The predicted octanol–water partition coefficient (Wildman–Crippen LogP) is -0.791. The summed E-state index contributed by atoms with van der Waals surface area (Å²) in [4.78, 5) is 13.3. The van der Waals surface area contributed by atoms with Crippen LogP contribution >= 0.6 is 11.6 Å². The molecule has 1 aliphatic heterocycles. The summed E-state index contributed by atoms with van der Waals surface area (Å²) in [5.74, 6) is 0.000549. The van der Waals surface area contributed by atoms with Crippen LogP contribution in [0, 0.1) is 5.92 Å². The lowest BCUT2D eigenvalue weighted by Crippen LogP contribution is -2.53. The fourth-order valence-corrected chi connectivity index (χ4v) is 2.34. The van der Waals surface area contributed by atoms with Gasteiger partial charge in [-0.15, -0.1) is 11.6 Å². The van der Waals surface area contributed by atoms with Crippen molar-refractivity contribution in [1.29, 1.82) is 0 Å². The number of hydrogen-bond donors (Lipinski definition) is 1. The van der Waals surface area contributed by atoms with E-state index in [0.29, 0.717) is 13.1 Å². The third-order valence-electron chi connectivity index (χ3n) is 2.56. The SMILES string of the molecule is CC(CCl)C(=O)N1CCN(S(N)(=O)=O)CC1. The number of carbonyl (C=O) groups excluding carboxylic acids is 1. The molecule has 0 radical (unpaired) electrons. The predicted molar refractivity (Wildman–Crippen MR) is 61.1 cm³/mol. The van der Waals surface area contributed by atoms with Crippen molar-refractivity contribution in [3.63, 3.8) is 0 Å². The summed E-state index contributed by atoms with van der Waals surface area (Å²) in [6.07, 6.45) is 0. The van der Waals surface area contributed by atoms with Crippen molar-refractivity contribution in [2.45, 2.75) is 6.92 Å². The van der Waals surface area contributed by atoms with Gasteiger partial charge in [-0.3, -0.25) is 4.79 Å². The number of nitrogens with zero attached hydrogens (tertiary/aromatic N) is 2. The maximum Gasteiger partial charge on any atom is 0.277 e. The lowest BCUT2D eigenvalue weighted by Gasteiger charge is -2.34. The number of nitrogens with two attached hydrogens (primary N) is 1. The molecule has 0 aromatic carbocycles. The zero-order valence-electron chi connectivity index (χ0n) is 9.10. The standard InChI is InChI=1S/C8H16ClN3O3S/c1-7(6-9)8(13)11-2-4-12(5-3-11)16(10,14)15/h7H,2-6H2,1H3,(H2,10,14,15). The number of rotatable bonds is 3. The van der Waals surface area contributed by atoms with Crippen molar-refractivity contribution >= 4 is 27.7 Å². The topological polar surface area (TPSA) is 83.7 Å². The number of alkyl halides is 1. The number of piperazine rings is 1. The molecule has 1 amide bonds. The monoisotopic (exact) mass is 269 g/mol. The smallest absolute Gasteiger partial charge is 0.277 e. The van der Waals surface area contributed by atoms with Crippen molar-refractivity contribution in [2.75, 3.05) is 32.1 Å². The summed E-state index contributed by atoms with van der Waals surface area (Å²) in [6.45, 7) is 2.99. The molecule has 0 aliphatic carbocycles. The van der Waals surface area contributed by atoms with Gasteiger partial charge in [0.25, 0.3) is 10.2 Å². The maximum absolute atomic E-state index is 11.7. The van der Waals surface area contributed by atoms with Crippen LogP contribution in [0.25, 0.3) is 0 Å². The normalized spacial score (nSPS) is 20.8. The lowest BCUT2D eigenvalue weighted by molar-refractivity contribution is -0.135. The van der Waals surface area contributed by atoms with E-state index in [1.165, 1.54) is 4.31 Å². The summed E-state index contributed by atoms with van der Waals surface area (Å²) in [5, 5.41) is 4.99. The third-order valence-corrected chi connectivity index (χ3v) is 4.11. The highest BCUT2D eigenvalue weighted by Crippen LogP contribution is 2.09. The van der Waals surface area contributed by atoms with Crippen molar-refractivity contribution in [3.8, 4) is 0 Å². The van der Waals surface area contributed by atoms with Crippen molar-refractivity contribution in [1.82, 2.24) is 9.21 Å². The fourth-order valence-electron chi connectivity index (χ4n) is 1.54. The molecule has 0 spiro atoms. The van der Waals surface area contributed by atoms with Crippen LogP contribution in [0.4, 0.5) is 0 Å². The first-order valence-electron chi connectivity index (χ1n) is 4.99. The van der Waals surface area contributed by atoms with E-state index >= 15 is 0 Å². The summed E-state index contributed by atoms with van der Waals surface area (Å²) in [5.41, 5.74) is 0. The minimum Gasteiger partial charge on any atom is -0.340 e. The van der Waals surface area contributed by atoms with Crippen LogP contribution in [0.3, 0.4) is 0 Å². The Bertz CT molecular complexity index is 352. The van der Waals surface area contributed by atoms with Crippen molar-refractivity contribution < 1.29 is 13.2 Å². The van der Waals surface area contributed by atoms with Crippen LogP contribution in [0.2, 0.25) is 0 Å². The zero-order chi connectivity index (χ0) is 12.3. The lowest BCUT2D eigenvalue weighted by atomic mass is 10.2. The number of carbonyl (C=O) groups is 1. The van der Waals surface area contributed by atoms with Crippen LogP contribution in [0.1, 0.15) is 6.92 Å². The van der Waals surface area contributed by atoms with Crippen LogP contribution in [-0.2, 0) is 15.0 Å². The van der Waals surface area contributed by atoms with E-state index in [9.17, 15) is 13.2 Å². The Morgan fingerprint density at radius 1 is 1.38 bits per heavy atom. The van der Waals surface area contributed by atoms with E-state index in [1.807, 2.05) is 0 Å². The Morgan fingerprint density at radius 2 is 1.88 bits per heavy atom. The molecule has 1 aliphatic rings. The Balaban J connectivity index is 2.53. The van der Waals surface area contributed by atoms with Crippen LogP contribution in [0.15, 0.2) is 0 Å². The van der Waals surface area contributed by atoms with Crippen LogP contribution in [-0.4, -0.2) is 55.6 Å². The molecule has 16 heavy (non-hydrogen) atoms. The van der Waals surface area contributed by atoms with E-state index in [0.717, 1.165) is 0 Å². The average molecular weight is 270 g/mol. The van der Waals surface area contributed by atoms with Gasteiger partial charge in [-0.05, 0) is 0 Å². The van der Waals surface area contributed by atoms with Crippen LogP contribution < -0.4 is 5.14 Å². The van der Waals surface area contributed by atoms with Gasteiger partial charge in [-0.2, -0.15) is 12.7 Å². The summed E-state index contributed by atoms with van der Waals surface area (Å²) >= 11 is 5.59. The third kappa shape index (κ3) is 3.31. The number of halogens is 1. The highest BCUT2D eigenvalue weighted by Gasteiger charge is 2.28. The Hall–Kier alpha value is -0.370. The highest BCUT2D eigenvalue weighted by atomic mass is 35.5. The first-order chi connectivity index (χ1) is 7.36. The van der Waals surface area contributed by atoms with Gasteiger partial charge in [0.15, 0.2) is 0 Å². The van der Waals surface area contributed by atoms with E-state index < -0.39 is 10.2 Å². The molecule has 1 rings (SSSR count). The molecular weight excluding hydrogens is 254 g/mol. The van der Waals surface area contributed by atoms with Gasteiger partial charge >= 0.3 is 0 Å². The molecule has 1 unspecified atom stereocenters. The molecule has 0 aromatic heterocycles. The molecule has 1 fully saturated rings. The molecule has 0 bridgehead atoms. The molecule has 1 saturated heterocycles. The highest BCUT2D eigenvalue weighted by molar-refractivity contribution is 7.86. The van der Waals surface area contributed by atoms with Gasteiger partial charge in [0.2, 0.25) is 5.91 Å². The average Bonchev–Trinajstić information content (AvgIpc) is 2.26. The second-order valence-electron chi connectivity index (χ2n) is 3.82. The first kappa shape index (κ1) is 13.7. The van der Waals surface area contributed by atoms with E-state index in [1.54, 1.807) is 11.8 Å². The molecule has 6 nitrogen and oxygen atoms in total. The minimum absolute atomic E-state index is 0.0379. The summed E-state index contributed by atoms with van der Waals surface area (Å²) in [7, 11) is -3.63. The van der Waals surface area contributed by atoms with Gasteiger partial charge in [0, 0.05) is 38.0 Å².